The number of aryl methyl sites for hydroxylation is 2. The van der Waals surface area contributed by atoms with Gasteiger partial charge in [-0.15, -0.1) is 0 Å². The van der Waals surface area contributed by atoms with Gasteiger partial charge < -0.3 is 10.2 Å². The van der Waals surface area contributed by atoms with Gasteiger partial charge in [0.1, 0.15) is 11.5 Å². The Morgan fingerprint density at radius 2 is 1.77 bits per heavy atom. The zero-order chi connectivity index (χ0) is 18.7. The van der Waals surface area contributed by atoms with Gasteiger partial charge in [-0.05, 0) is 31.4 Å². The average Bonchev–Trinajstić information content (AvgIpc) is 2.64. The van der Waals surface area contributed by atoms with Gasteiger partial charge in [0.25, 0.3) is 17.0 Å². The molecule has 1 unspecified atom stereocenters. The molecule has 0 radical (unpaired) electrons. The van der Waals surface area contributed by atoms with Crippen LogP contribution in [0, 0.1) is 0 Å². The Morgan fingerprint density at radius 1 is 1.08 bits per heavy atom. The number of hydrogen-bond acceptors (Lipinski definition) is 6. The number of piperidine rings is 1. The molecule has 0 aromatic carbocycles. The number of anilines is 1. The van der Waals surface area contributed by atoms with Gasteiger partial charge in [-0.1, -0.05) is 0 Å². The zero-order valence-corrected chi connectivity index (χ0v) is 14.9. The van der Waals surface area contributed by atoms with Gasteiger partial charge in [0.05, 0.1) is 0 Å². The normalized spacial score (nSPS) is 17.2. The van der Waals surface area contributed by atoms with Crippen molar-refractivity contribution in [2.24, 2.45) is 14.1 Å². The Labute approximate surface area is 150 Å². The molecular formula is C17H22N6O3. The summed E-state index contributed by atoms with van der Waals surface area (Å²) in [6.45, 7) is 1.26. The molecule has 26 heavy (non-hydrogen) atoms. The van der Waals surface area contributed by atoms with Crippen molar-refractivity contribution in [3.05, 3.63) is 50.7 Å². The number of nitrogens with zero attached hydrogens (tertiary/aromatic N) is 5. The molecule has 0 bridgehead atoms. The van der Waals surface area contributed by atoms with Crippen LogP contribution >= 0.6 is 0 Å². The summed E-state index contributed by atoms with van der Waals surface area (Å²) in [6.07, 6.45) is 3.03. The van der Waals surface area contributed by atoms with E-state index in [-0.39, 0.29) is 28.8 Å². The molecule has 3 rings (SSSR count). The van der Waals surface area contributed by atoms with Crippen molar-refractivity contribution < 1.29 is 4.79 Å². The number of aromatic nitrogens is 4. The maximum Gasteiger partial charge on any atom is 0.271 e. The summed E-state index contributed by atoms with van der Waals surface area (Å²) in [5.74, 6) is 0.408. The van der Waals surface area contributed by atoms with E-state index in [0.717, 1.165) is 36.3 Å². The van der Waals surface area contributed by atoms with E-state index in [4.69, 9.17) is 0 Å². The number of amides is 1. The molecule has 3 heterocycles. The van der Waals surface area contributed by atoms with E-state index >= 15 is 0 Å². The van der Waals surface area contributed by atoms with E-state index in [0.29, 0.717) is 6.54 Å². The van der Waals surface area contributed by atoms with Crippen molar-refractivity contribution in [1.29, 1.82) is 0 Å². The van der Waals surface area contributed by atoms with Crippen LogP contribution in [-0.2, 0) is 14.1 Å². The van der Waals surface area contributed by atoms with E-state index < -0.39 is 0 Å². The highest BCUT2D eigenvalue weighted by Crippen LogP contribution is 2.21. The molecule has 138 valence electrons. The van der Waals surface area contributed by atoms with Crippen molar-refractivity contribution in [2.45, 2.75) is 25.3 Å². The van der Waals surface area contributed by atoms with Gasteiger partial charge in [-0.3, -0.25) is 14.4 Å². The molecule has 1 saturated heterocycles. The van der Waals surface area contributed by atoms with E-state index in [1.807, 2.05) is 0 Å². The predicted molar refractivity (Wildman–Crippen MR) is 96.3 cm³/mol. The Bertz CT molecular complexity index is 919. The molecule has 1 atom stereocenters. The first-order valence-corrected chi connectivity index (χ1v) is 8.59. The molecule has 9 heteroatoms. The number of carbonyl (C=O) groups excluding carboxylic acids is 1. The van der Waals surface area contributed by atoms with Crippen LogP contribution in [0.1, 0.15) is 29.8 Å². The fourth-order valence-electron chi connectivity index (χ4n) is 3.08. The van der Waals surface area contributed by atoms with E-state index in [9.17, 15) is 14.4 Å². The Kier molecular flexibility index (Phi) is 5.15. The third-order valence-electron chi connectivity index (χ3n) is 4.56. The molecule has 0 saturated carbocycles. The largest absolute Gasteiger partial charge is 0.350 e. The van der Waals surface area contributed by atoms with E-state index in [1.165, 1.54) is 29.9 Å². The third-order valence-corrected chi connectivity index (χ3v) is 4.56. The van der Waals surface area contributed by atoms with Gasteiger partial charge in [0.15, 0.2) is 0 Å². The molecule has 1 fully saturated rings. The minimum Gasteiger partial charge on any atom is -0.350 e. The van der Waals surface area contributed by atoms with Crippen LogP contribution in [-0.4, -0.2) is 44.6 Å². The molecule has 1 aliphatic rings. The third kappa shape index (κ3) is 3.81. The quantitative estimate of drug-likeness (QED) is 0.802. The fraction of sp³-hybridized carbons (Fsp3) is 0.471. The van der Waals surface area contributed by atoms with Crippen LogP contribution in [0.3, 0.4) is 0 Å². The van der Waals surface area contributed by atoms with Crippen molar-refractivity contribution >= 4 is 11.7 Å². The molecule has 1 N–H and O–H groups in total. The monoisotopic (exact) mass is 358 g/mol. The number of carbonyl (C=O) groups is 1. The molecule has 2 aromatic rings. The van der Waals surface area contributed by atoms with Crippen LogP contribution in [0.15, 0.2) is 33.9 Å². The number of nitrogens with one attached hydrogen (secondary N) is 1. The standard InChI is InChI=1S/C17H22N6O3/c1-21-15(24)8-6-13(19-21)17(26)18-11-12-5-3-4-10-23(12)14-7-9-16(25)22(2)20-14/h6-9,12H,3-5,10-11H2,1-2H3,(H,18,26). The first kappa shape index (κ1) is 17.8. The highest BCUT2D eigenvalue weighted by atomic mass is 16.2. The Balaban J connectivity index is 1.71. The minimum absolute atomic E-state index is 0.0882. The minimum atomic E-state index is -0.320. The second-order valence-electron chi connectivity index (χ2n) is 6.39. The maximum atomic E-state index is 12.3. The molecule has 2 aromatic heterocycles. The lowest BCUT2D eigenvalue weighted by Gasteiger charge is -2.36. The van der Waals surface area contributed by atoms with Gasteiger partial charge in [0, 0.05) is 45.4 Å². The molecular weight excluding hydrogens is 336 g/mol. The van der Waals surface area contributed by atoms with Crippen LogP contribution in [0.25, 0.3) is 0 Å². The van der Waals surface area contributed by atoms with Gasteiger partial charge >= 0.3 is 0 Å². The van der Waals surface area contributed by atoms with Gasteiger partial charge in [-0.2, -0.15) is 10.2 Å². The summed E-state index contributed by atoms with van der Waals surface area (Å²) in [7, 11) is 3.13. The lowest BCUT2D eigenvalue weighted by atomic mass is 10.0. The lowest BCUT2D eigenvalue weighted by Crippen LogP contribution is -2.47. The van der Waals surface area contributed by atoms with Crippen molar-refractivity contribution in [3.63, 3.8) is 0 Å². The first-order valence-electron chi connectivity index (χ1n) is 8.59. The van der Waals surface area contributed by atoms with Gasteiger partial charge in [-0.25, -0.2) is 9.36 Å². The highest BCUT2D eigenvalue weighted by molar-refractivity contribution is 5.92. The average molecular weight is 358 g/mol. The zero-order valence-electron chi connectivity index (χ0n) is 14.9. The van der Waals surface area contributed by atoms with Crippen LogP contribution in [0.4, 0.5) is 5.82 Å². The fourth-order valence-corrected chi connectivity index (χ4v) is 3.08. The summed E-state index contributed by atoms with van der Waals surface area (Å²) < 4.78 is 2.45. The molecule has 1 aliphatic heterocycles. The van der Waals surface area contributed by atoms with Crippen molar-refractivity contribution in [3.8, 4) is 0 Å². The van der Waals surface area contributed by atoms with Crippen molar-refractivity contribution in [2.75, 3.05) is 18.0 Å². The molecule has 0 spiro atoms. The number of hydrogen-bond donors (Lipinski definition) is 1. The molecule has 0 aliphatic carbocycles. The Hall–Kier alpha value is -2.97. The maximum absolute atomic E-state index is 12.3. The van der Waals surface area contributed by atoms with Crippen LogP contribution < -0.4 is 21.3 Å². The van der Waals surface area contributed by atoms with E-state index in [1.54, 1.807) is 13.1 Å². The summed E-state index contributed by atoms with van der Waals surface area (Å²) >= 11 is 0. The van der Waals surface area contributed by atoms with Crippen LogP contribution in [0.2, 0.25) is 0 Å². The van der Waals surface area contributed by atoms with Crippen LogP contribution in [0.5, 0.6) is 0 Å². The lowest BCUT2D eigenvalue weighted by molar-refractivity contribution is 0.0942. The molecule has 1 amide bonds. The number of rotatable bonds is 4. The van der Waals surface area contributed by atoms with Crippen molar-refractivity contribution in [1.82, 2.24) is 24.9 Å². The predicted octanol–water partition coefficient (Wildman–Crippen LogP) is -0.337. The topological polar surface area (TPSA) is 102 Å². The van der Waals surface area contributed by atoms with E-state index in [2.05, 4.69) is 20.4 Å². The second-order valence-corrected chi connectivity index (χ2v) is 6.39. The van der Waals surface area contributed by atoms with Gasteiger partial charge in [0.2, 0.25) is 0 Å². The Morgan fingerprint density at radius 3 is 2.46 bits per heavy atom. The summed E-state index contributed by atoms with van der Waals surface area (Å²) in [4.78, 5) is 37.4. The second kappa shape index (κ2) is 7.51. The SMILES string of the molecule is Cn1nc(C(=O)NCC2CCCCN2c2ccc(=O)n(C)n2)ccc1=O. The molecule has 9 nitrogen and oxygen atoms in total. The smallest absolute Gasteiger partial charge is 0.271 e. The summed E-state index contributed by atoms with van der Waals surface area (Å²) in [5, 5.41) is 11.2. The summed E-state index contributed by atoms with van der Waals surface area (Å²) in [6, 6.07) is 6.05. The highest BCUT2D eigenvalue weighted by Gasteiger charge is 2.25. The first-order chi connectivity index (χ1) is 12.5. The summed E-state index contributed by atoms with van der Waals surface area (Å²) in [5.41, 5.74) is -0.216.